The van der Waals surface area contributed by atoms with E-state index in [1.54, 1.807) is 7.11 Å². The minimum absolute atomic E-state index is 0.106. The Kier molecular flexibility index (Phi) is 7.35. The van der Waals surface area contributed by atoms with Gasteiger partial charge >= 0.3 is 11.9 Å². The van der Waals surface area contributed by atoms with E-state index < -0.39 is 30.1 Å². The van der Waals surface area contributed by atoms with Crippen LogP contribution in [-0.4, -0.2) is 73.3 Å². The number of fused-ring (bicyclic) bond motifs is 3. The number of benzene rings is 1. The van der Waals surface area contributed by atoms with E-state index in [2.05, 4.69) is 24.8 Å². The van der Waals surface area contributed by atoms with E-state index in [1.807, 2.05) is 12.1 Å². The topological polar surface area (TPSA) is 104 Å². The van der Waals surface area contributed by atoms with Gasteiger partial charge in [0.1, 0.15) is 5.76 Å². The molecule has 38 heavy (non-hydrogen) atoms. The van der Waals surface area contributed by atoms with Crippen molar-refractivity contribution in [2.75, 3.05) is 34.1 Å². The number of hydrogen-bond acceptors (Lipinski definition) is 9. The number of nitrogens with zero attached hydrogens (tertiary/aromatic N) is 1. The van der Waals surface area contributed by atoms with Crippen molar-refractivity contribution in [3.63, 3.8) is 0 Å². The molecule has 1 aliphatic carbocycles. The van der Waals surface area contributed by atoms with Gasteiger partial charge in [0.15, 0.2) is 23.2 Å². The van der Waals surface area contributed by atoms with Gasteiger partial charge in [-0.15, -0.1) is 0 Å². The Morgan fingerprint density at radius 1 is 1.21 bits per heavy atom. The summed E-state index contributed by atoms with van der Waals surface area (Å²) in [4.78, 5) is 28.4. The van der Waals surface area contributed by atoms with Crippen LogP contribution in [0.15, 0.2) is 24.0 Å². The maximum Gasteiger partial charge on any atom is 0.339 e. The van der Waals surface area contributed by atoms with E-state index in [0.717, 1.165) is 55.6 Å². The highest BCUT2D eigenvalue weighted by molar-refractivity contribution is 5.86. The predicted octanol–water partition coefficient (Wildman–Crippen LogP) is 3.47. The van der Waals surface area contributed by atoms with Gasteiger partial charge in [0.2, 0.25) is 6.79 Å². The van der Waals surface area contributed by atoms with Crippen molar-refractivity contribution in [2.24, 2.45) is 5.92 Å². The minimum atomic E-state index is -1.99. The van der Waals surface area contributed by atoms with Crippen LogP contribution in [0.4, 0.5) is 0 Å². The van der Waals surface area contributed by atoms with Gasteiger partial charge in [-0.2, -0.15) is 0 Å². The SMILES string of the molecule is COC(=O)CC(O)(CCCC(C)C)C(=O)O[C@@H]1C(OC)=C[C@]23CCCN2CCc2cc4c(cc2[C@H]13)OCO4. The van der Waals surface area contributed by atoms with Crippen LogP contribution in [0.25, 0.3) is 0 Å². The molecule has 4 aliphatic rings. The second kappa shape index (κ2) is 10.4. The van der Waals surface area contributed by atoms with E-state index in [-0.39, 0.29) is 24.7 Å². The fourth-order valence-corrected chi connectivity index (χ4v) is 6.70. The molecule has 1 aromatic carbocycles. The number of aliphatic hydroxyl groups is 1. The van der Waals surface area contributed by atoms with Crippen molar-refractivity contribution >= 4 is 11.9 Å². The van der Waals surface area contributed by atoms with E-state index in [1.165, 1.54) is 7.11 Å². The van der Waals surface area contributed by atoms with Gasteiger partial charge in [0.25, 0.3) is 0 Å². The summed E-state index contributed by atoms with van der Waals surface area (Å²) < 4.78 is 28.2. The quantitative estimate of drug-likeness (QED) is 0.482. The number of carbonyl (C=O) groups excluding carboxylic acids is 2. The molecule has 4 atom stereocenters. The molecular formula is C29H39NO8. The monoisotopic (exact) mass is 529 g/mol. The Morgan fingerprint density at radius 2 is 1.97 bits per heavy atom. The van der Waals surface area contributed by atoms with E-state index in [4.69, 9.17) is 23.7 Å². The molecule has 1 unspecified atom stereocenters. The molecule has 0 saturated carbocycles. The van der Waals surface area contributed by atoms with E-state index in [9.17, 15) is 14.7 Å². The summed E-state index contributed by atoms with van der Waals surface area (Å²) in [5, 5.41) is 11.5. The molecule has 3 aliphatic heterocycles. The molecule has 9 nitrogen and oxygen atoms in total. The second-order valence-corrected chi connectivity index (χ2v) is 11.4. The molecule has 9 heteroatoms. The predicted molar refractivity (Wildman–Crippen MR) is 138 cm³/mol. The largest absolute Gasteiger partial charge is 0.497 e. The number of carbonyl (C=O) groups is 2. The number of esters is 2. The molecule has 0 bridgehead atoms. The molecule has 1 spiro atoms. The highest BCUT2D eigenvalue weighted by Crippen LogP contribution is 2.55. The van der Waals surface area contributed by atoms with Crippen molar-refractivity contribution in [1.82, 2.24) is 4.90 Å². The third-order valence-corrected chi connectivity index (χ3v) is 8.61. The molecular weight excluding hydrogens is 490 g/mol. The van der Waals surface area contributed by atoms with Crippen LogP contribution >= 0.6 is 0 Å². The van der Waals surface area contributed by atoms with Crippen molar-refractivity contribution in [1.29, 1.82) is 0 Å². The summed E-state index contributed by atoms with van der Waals surface area (Å²) in [6, 6.07) is 4.05. The van der Waals surface area contributed by atoms with E-state index >= 15 is 0 Å². The van der Waals surface area contributed by atoms with Gasteiger partial charge in [-0.05, 0) is 73.9 Å². The van der Waals surface area contributed by atoms with Gasteiger partial charge in [-0.25, -0.2) is 4.79 Å². The van der Waals surface area contributed by atoms with E-state index in [0.29, 0.717) is 23.8 Å². The van der Waals surface area contributed by atoms with Crippen LogP contribution in [0.5, 0.6) is 11.5 Å². The minimum Gasteiger partial charge on any atom is -0.497 e. The highest BCUT2D eigenvalue weighted by atomic mass is 16.7. The third kappa shape index (κ3) is 4.64. The maximum atomic E-state index is 13.7. The lowest BCUT2D eigenvalue weighted by atomic mass is 9.77. The highest BCUT2D eigenvalue weighted by Gasteiger charge is 2.59. The second-order valence-electron chi connectivity index (χ2n) is 11.4. The Balaban J connectivity index is 1.51. The zero-order valence-electron chi connectivity index (χ0n) is 22.8. The summed E-state index contributed by atoms with van der Waals surface area (Å²) in [7, 11) is 2.83. The molecule has 5 rings (SSSR count). The first-order valence-corrected chi connectivity index (χ1v) is 13.7. The summed E-state index contributed by atoms with van der Waals surface area (Å²) in [5.41, 5.74) is -0.209. The Morgan fingerprint density at radius 3 is 2.68 bits per heavy atom. The molecule has 0 aromatic heterocycles. The molecule has 0 radical (unpaired) electrons. The first-order valence-electron chi connectivity index (χ1n) is 13.7. The average Bonchev–Trinajstić information content (AvgIpc) is 3.57. The van der Waals surface area contributed by atoms with Crippen molar-refractivity contribution in [3.05, 3.63) is 35.1 Å². The lowest BCUT2D eigenvalue weighted by Gasteiger charge is -2.39. The van der Waals surface area contributed by atoms with Crippen LogP contribution in [0.2, 0.25) is 0 Å². The van der Waals surface area contributed by atoms with Gasteiger partial charge in [0, 0.05) is 6.54 Å². The zero-order chi connectivity index (χ0) is 27.1. The summed E-state index contributed by atoms with van der Waals surface area (Å²) in [6.07, 6.45) is 5.13. The van der Waals surface area contributed by atoms with Crippen LogP contribution in [0, 0.1) is 5.92 Å². The van der Waals surface area contributed by atoms with Gasteiger partial charge in [-0.3, -0.25) is 9.69 Å². The van der Waals surface area contributed by atoms with Crippen molar-refractivity contribution in [3.8, 4) is 11.5 Å². The molecule has 1 saturated heterocycles. The fourth-order valence-electron chi connectivity index (χ4n) is 6.70. The number of rotatable bonds is 9. The Bertz CT molecular complexity index is 1120. The van der Waals surface area contributed by atoms with Crippen LogP contribution in [-0.2, 0) is 30.2 Å². The fraction of sp³-hybridized carbons (Fsp3) is 0.655. The van der Waals surface area contributed by atoms with Crippen molar-refractivity contribution in [2.45, 2.75) is 82.0 Å². The molecule has 1 N–H and O–H groups in total. The lowest BCUT2D eigenvalue weighted by Crippen LogP contribution is -2.49. The van der Waals surface area contributed by atoms with Crippen molar-refractivity contribution < 1.29 is 38.4 Å². The Hall–Kier alpha value is -2.78. The molecule has 0 amide bonds. The maximum absolute atomic E-state index is 13.7. The molecule has 1 aromatic rings. The first-order chi connectivity index (χ1) is 18.2. The summed E-state index contributed by atoms with van der Waals surface area (Å²) in [6.45, 7) is 6.13. The average molecular weight is 530 g/mol. The molecule has 1 fully saturated rings. The number of methoxy groups -OCH3 is 2. The normalized spacial score (nSPS) is 27.1. The Labute approximate surface area is 224 Å². The summed E-state index contributed by atoms with van der Waals surface area (Å²) >= 11 is 0. The first kappa shape index (κ1) is 26.8. The van der Waals surface area contributed by atoms with Gasteiger partial charge in [-0.1, -0.05) is 20.3 Å². The lowest BCUT2D eigenvalue weighted by molar-refractivity contribution is -0.178. The zero-order valence-corrected chi connectivity index (χ0v) is 22.8. The molecule has 3 heterocycles. The standard InChI is InChI=1S/C29H39NO8/c1-18(2)7-5-10-29(33,16-24(31)35-4)27(32)38-26-23(34-3)15-28-9-6-11-30(28)12-8-19-13-21-22(37-17-36-21)14-20(19)25(26)28/h13-15,18,25-26,33H,5-12,16-17H2,1-4H3/t25-,26-,28+,29?/m1/s1. The third-order valence-electron chi connectivity index (χ3n) is 8.61. The number of hydrogen-bond donors (Lipinski definition) is 1. The van der Waals surface area contributed by atoms with Crippen LogP contribution in [0.3, 0.4) is 0 Å². The molecule has 208 valence electrons. The van der Waals surface area contributed by atoms with Crippen LogP contribution in [0.1, 0.15) is 69.4 Å². The smallest absolute Gasteiger partial charge is 0.339 e. The van der Waals surface area contributed by atoms with Gasteiger partial charge < -0.3 is 28.8 Å². The summed E-state index contributed by atoms with van der Waals surface area (Å²) in [5.74, 6) is 0.620. The number of ether oxygens (including phenoxy) is 5. The van der Waals surface area contributed by atoms with Gasteiger partial charge in [0.05, 0.1) is 32.1 Å². The van der Waals surface area contributed by atoms with Crippen LogP contribution < -0.4 is 9.47 Å².